The Bertz CT molecular complexity index is 1280. The highest BCUT2D eigenvalue weighted by Crippen LogP contribution is 2.39. The van der Waals surface area contributed by atoms with E-state index in [4.69, 9.17) is 34.8 Å². The summed E-state index contributed by atoms with van der Waals surface area (Å²) in [6, 6.07) is 8.90. The minimum Gasteiger partial charge on any atom is -0.381 e. The SMILES string of the molecule is C[C@@H](n1cnc2cc(Cl)ccc2c1=O)[C@](O)(Cn1cncn1)c1ccc(Cl)cc1Cl. The van der Waals surface area contributed by atoms with Crippen molar-refractivity contribution in [3.05, 3.63) is 86.4 Å². The number of fused-ring (bicyclic) bond motifs is 1. The minimum atomic E-state index is -1.62. The fraction of sp³-hybridized carbons (Fsp3) is 0.200. The first-order chi connectivity index (χ1) is 14.3. The summed E-state index contributed by atoms with van der Waals surface area (Å²) in [6.45, 7) is 1.72. The molecular weight excluding hydrogens is 449 g/mol. The Balaban J connectivity index is 1.88. The van der Waals surface area contributed by atoms with Gasteiger partial charge in [-0.05, 0) is 37.3 Å². The molecule has 0 amide bonds. The first-order valence-electron chi connectivity index (χ1n) is 8.96. The number of rotatable bonds is 5. The minimum absolute atomic E-state index is 0.000609. The van der Waals surface area contributed by atoms with Crippen LogP contribution in [0.15, 0.2) is 60.2 Å². The molecule has 0 saturated carbocycles. The number of aliphatic hydroxyl groups is 1. The first kappa shape index (κ1) is 20.8. The molecule has 0 aliphatic carbocycles. The van der Waals surface area contributed by atoms with Crippen LogP contribution in [0, 0.1) is 0 Å². The van der Waals surface area contributed by atoms with Crippen LogP contribution in [0.3, 0.4) is 0 Å². The highest BCUT2D eigenvalue weighted by atomic mass is 35.5. The summed E-state index contributed by atoms with van der Waals surface area (Å²) in [7, 11) is 0. The van der Waals surface area contributed by atoms with Crippen LogP contribution < -0.4 is 5.56 Å². The van der Waals surface area contributed by atoms with Crippen molar-refractivity contribution in [2.75, 3.05) is 0 Å². The lowest BCUT2D eigenvalue weighted by Crippen LogP contribution is -2.43. The number of halogens is 3. The van der Waals surface area contributed by atoms with Gasteiger partial charge in [0.1, 0.15) is 18.3 Å². The zero-order valence-corrected chi connectivity index (χ0v) is 18.0. The van der Waals surface area contributed by atoms with E-state index < -0.39 is 11.6 Å². The second kappa shape index (κ2) is 8.00. The van der Waals surface area contributed by atoms with E-state index in [2.05, 4.69) is 15.1 Å². The monoisotopic (exact) mass is 463 g/mol. The molecule has 2 aromatic carbocycles. The summed E-state index contributed by atoms with van der Waals surface area (Å²) in [5, 5.41) is 17.5. The molecule has 0 fully saturated rings. The van der Waals surface area contributed by atoms with E-state index in [0.29, 0.717) is 26.5 Å². The van der Waals surface area contributed by atoms with Gasteiger partial charge >= 0.3 is 0 Å². The number of aromatic nitrogens is 5. The van der Waals surface area contributed by atoms with Crippen molar-refractivity contribution in [3.8, 4) is 0 Å². The largest absolute Gasteiger partial charge is 0.381 e. The van der Waals surface area contributed by atoms with Crippen LogP contribution in [-0.4, -0.2) is 29.4 Å². The maximum atomic E-state index is 13.2. The van der Waals surface area contributed by atoms with Gasteiger partial charge in [-0.15, -0.1) is 0 Å². The van der Waals surface area contributed by atoms with E-state index in [-0.39, 0.29) is 17.1 Å². The predicted molar refractivity (Wildman–Crippen MR) is 116 cm³/mol. The van der Waals surface area contributed by atoms with Gasteiger partial charge in [-0.25, -0.2) is 14.6 Å². The summed E-state index contributed by atoms with van der Waals surface area (Å²) < 4.78 is 2.85. The molecular formula is C20H16Cl3N5O2. The maximum absolute atomic E-state index is 13.2. The third-order valence-electron chi connectivity index (χ3n) is 5.12. The molecule has 10 heteroatoms. The van der Waals surface area contributed by atoms with Crippen LogP contribution in [0.4, 0.5) is 0 Å². The lowest BCUT2D eigenvalue weighted by Gasteiger charge is -2.36. The van der Waals surface area contributed by atoms with Gasteiger partial charge in [0, 0.05) is 20.6 Å². The fourth-order valence-electron chi connectivity index (χ4n) is 3.46. The smallest absolute Gasteiger partial charge is 0.261 e. The maximum Gasteiger partial charge on any atom is 0.261 e. The summed E-state index contributed by atoms with van der Waals surface area (Å²) in [6.07, 6.45) is 4.23. The molecule has 0 spiro atoms. The third kappa shape index (κ3) is 3.70. The summed E-state index contributed by atoms with van der Waals surface area (Å²) >= 11 is 18.5. The zero-order chi connectivity index (χ0) is 21.5. The number of hydrogen-bond acceptors (Lipinski definition) is 5. The zero-order valence-electron chi connectivity index (χ0n) is 15.7. The highest BCUT2D eigenvalue weighted by Gasteiger charge is 2.40. The van der Waals surface area contributed by atoms with E-state index in [0.717, 1.165) is 0 Å². The van der Waals surface area contributed by atoms with Crippen molar-refractivity contribution in [1.29, 1.82) is 0 Å². The Labute approximate surface area is 186 Å². The Kier molecular flexibility index (Phi) is 5.55. The van der Waals surface area contributed by atoms with E-state index in [9.17, 15) is 9.90 Å². The Hall–Kier alpha value is -2.45. The molecule has 2 atom stereocenters. The fourth-order valence-corrected chi connectivity index (χ4v) is 4.20. The molecule has 0 saturated heterocycles. The van der Waals surface area contributed by atoms with Crippen molar-refractivity contribution in [3.63, 3.8) is 0 Å². The van der Waals surface area contributed by atoms with Crippen LogP contribution in [-0.2, 0) is 12.1 Å². The summed E-state index contributed by atoms with van der Waals surface area (Å²) in [5.41, 5.74) is -1.06. The molecule has 0 aliphatic heterocycles. The Morgan fingerprint density at radius 1 is 1.10 bits per heavy atom. The van der Waals surface area contributed by atoms with Gasteiger partial charge in [0.2, 0.25) is 0 Å². The van der Waals surface area contributed by atoms with Crippen molar-refractivity contribution in [1.82, 2.24) is 24.3 Å². The molecule has 2 heterocycles. The van der Waals surface area contributed by atoms with Crippen molar-refractivity contribution in [2.45, 2.75) is 25.1 Å². The van der Waals surface area contributed by atoms with Crippen molar-refractivity contribution in [2.24, 2.45) is 0 Å². The molecule has 0 aliphatic rings. The average Bonchev–Trinajstić information content (AvgIpc) is 3.20. The highest BCUT2D eigenvalue weighted by molar-refractivity contribution is 6.35. The standard InChI is InChI=1S/C20H16Cl3N5O2/c1-12(28-11-25-18-7-14(22)2-4-15(18)19(28)29)20(30,8-27-10-24-9-26-27)16-5-3-13(21)6-17(16)23/h2-7,9-12,30H,8H2,1H3/t12-,20-/m1/s1. The van der Waals surface area contributed by atoms with Gasteiger partial charge in [0.25, 0.3) is 5.56 Å². The number of benzene rings is 2. The van der Waals surface area contributed by atoms with Crippen molar-refractivity contribution < 1.29 is 5.11 Å². The van der Waals surface area contributed by atoms with Gasteiger partial charge in [-0.3, -0.25) is 9.36 Å². The lowest BCUT2D eigenvalue weighted by atomic mass is 9.86. The van der Waals surface area contributed by atoms with E-state index >= 15 is 0 Å². The van der Waals surface area contributed by atoms with Crippen LogP contribution >= 0.6 is 34.8 Å². The molecule has 0 radical (unpaired) electrons. The van der Waals surface area contributed by atoms with E-state index in [1.165, 1.54) is 28.2 Å². The van der Waals surface area contributed by atoms with E-state index in [1.54, 1.807) is 43.3 Å². The number of hydrogen-bond donors (Lipinski definition) is 1. The molecule has 0 unspecified atom stereocenters. The van der Waals surface area contributed by atoms with Gasteiger partial charge in [0.15, 0.2) is 0 Å². The van der Waals surface area contributed by atoms with Gasteiger partial charge in [0.05, 0.1) is 29.8 Å². The molecule has 1 N–H and O–H groups in total. The first-order valence-corrected chi connectivity index (χ1v) is 10.1. The quantitative estimate of drug-likeness (QED) is 0.481. The van der Waals surface area contributed by atoms with Crippen molar-refractivity contribution >= 4 is 45.7 Å². The normalized spacial score (nSPS) is 14.6. The third-order valence-corrected chi connectivity index (χ3v) is 5.90. The molecule has 0 bridgehead atoms. The van der Waals surface area contributed by atoms with Gasteiger partial charge < -0.3 is 5.11 Å². The second-order valence-corrected chi connectivity index (χ2v) is 8.22. The second-order valence-electron chi connectivity index (χ2n) is 6.94. The molecule has 4 rings (SSSR count). The molecule has 2 aromatic heterocycles. The van der Waals surface area contributed by atoms with Crippen LogP contribution in [0.1, 0.15) is 18.5 Å². The van der Waals surface area contributed by atoms with Crippen LogP contribution in [0.25, 0.3) is 10.9 Å². The lowest BCUT2D eigenvalue weighted by molar-refractivity contribution is -0.0313. The molecule has 7 nitrogen and oxygen atoms in total. The van der Waals surface area contributed by atoms with Gasteiger partial charge in [-0.1, -0.05) is 40.9 Å². The molecule has 154 valence electrons. The summed E-state index contributed by atoms with van der Waals surface area (Å²) in [4.78, 5) is 21.5. The van der Waals surface area contributed by atoms with Gasteiger partial charge in [-0.2, -0.15) is 5.10 Å². The van der Waals surface area contributed by atoms with Crippen LogP contribution in [0.2, 0.25) is 15.1 Å². The topological polar surface area (TPSA) is 85.8 Å². The van der Waals surface area contributed by atoms with Crippen LogP contribution in [0.5, 0.6) is 0 Å². The molecule has 4 aromatic rings. The average molecular weight is 465 g/mol. The Morgan fingerprint density at radius 3 is 2.53 bits per heavy atom. The molecule has 30 heavy (non-hydrogen) atoms. The predicted octanol–water partition coefficient (Wildman–Crippen LogP) is 4.10. The number of nitrogens with zero attached hydrogens (tertiary/aromatic N) is 5. The summed E-state index contributed by atoms with van der Waals surface area (Å²) in [5.74, 6) is 0. The van der Waals surface area contributed by atoms with E-state index in [1.807, 2.05) is 0 Å². The Morgan fingerprint density at radius 2 is 1.83 bits per heavy atom.